The first kappa shape index (κ1) is 19.0. The zero-order chi connectivity index (χ0) is 19.4. The van der Waals surface area contributed by atoms with Gasteiger partial charge in [0.1, 0.15) is 0 Å². The van der Waals surface area contributed by atoms with Gasteiger partial charge < -0.3 is 4.90 Å². The van der Waals surface area contributed by atoms with Crippen LogP contribution in [0.1, 0.15) is 30.6 Å². The molecule has 140 valence electrons. The summed E-state index contributed by atoms with van der Waals surface area (Å²) >= 11 is 0. The maximum Gasteiger partial charge on any atom is 0.250 e. The fraction of sp³-hybridized carbons (Fsp3) is 0.318. The molecule has 2 aromatic carbocycles. The molecule has 5 nitrogen and oxygen atoms in total. The van der Waals surface area contributed by atoms with Gasteiger partial charge in [-0.25, -0.2) is 0 Å². The summed E-state index contributed by atoms with van der Waals surface area (Å²) in [6, 6.07) is 16.1. The molecule has 1 unspecified atom stereocenters. The molecule has 0 fully saturated rings. The van der Waals surface area contributed by atoms with Gasteiger partial charge in [-0.2, -0.15) is 0 Å². The Morgan fingerprint density at radius 1 is 0.963 bits per heavy atom. The van der Waals surface area contributed by atoms with Crippen molar-refractivity contribution < 1.29 is 14.4 Å². The number of fused-ring (bicyclic) bond motifs is 1. The van der Waals surface area contributed by atoms with Gasteiger partial charge in [0.15, 0.2) is 17.5 Å². The summed E-state index contributed by atoms with van der Waals surface area (Å²) in [7, 11) is 0. The van der Waals surface area contributed by atoms with E-state index in [0.717, 1.165) is 13.1 Å². The summed E-state index contributed by atoms with van der Waals surface area (Å²) in [5, 5.41) is 0. The lowest BCUT2D eigenvalue weighted by molar-refractivity contribution is -0.130. The second-order valence-electron chi connectivity index (χ2n) is 6.57. The third-order valence-corrected chi connectivity index (χ3v) is 5.05. The smallest absolute Gasteiger partial charge is 0.250 e. The first-order valence-electron chi connectivity index (χ1n) is 9.35. The zero-order valence-electron chi connectivity index (χ0n) is 15.7. The number of rotatable bonds is 7. The number of carbonyl (C=O) groups excluding carboxylic acids is 3. The monoisotopic (exact) mass is 364 g/mol. The van der Waals surface area contributed by atoms with Crippen LogP contribution in [-0.4, -0.2) is 42.0 Å². The second kappa shape index (κ2) is 8.27. The van der Waals surface area contributed by atoms with Gasteiger partial charge in [-0.3, -0.25) is 19.3 Å². The van der Waals surface area contributed by atoms with Crippen LogP contribution in [0.25, 0.3) is 0 Å². The average molecular weight is 364 g/mol. The Kier molecular flexibility index (Phi) is 5.81. The van der Waals surface area contributed by atoms with Crippen molar-refractivity contribution in [3.63, 3.8) is 0 Å². The summed E-state index contributed by atoms with van der Waals surface area (Å²) in [4.78, 5) is 42.6. The number of nitrogens with zero attached hydrogens (tertiary/aromatic N) is 2. The largest absolute Gasteiger partial charge is 0.303 e. The molecule has 0 saturated heterocycles. The lowest BCUT2D eigenvalue weighted by Gasteiger charge is -2.33. The van der Waals surface area contributed by atoms with E-state index in [4.69, 9.17) is 0 Å². The quantitative estimate of drug-likeness (QED) is 0.706. The maximum absolute atomic E-state index is 13.2. The van der Waals surface area contributed by atoms with Gasteiger partial charge in [0.25, 0.3) is 0 Å². The van der Waals surface area contributed by atoms with Crippen molar-refractivity contribution in [2.24, 2.45) is 5.92 Å². The number of carbonyl (C=O) groups is 3. The van der Waals surface area contributed by atoms with Crippen LogP contribution in [0.15, 0.2) is 54.6 Å². The van der Waals surface area contributed by atoms with Crippen LogP contribution in [0.3, 0.4) is 0 Å². The van der Waals surface area contributed by atoms with E-state index in [-0.39, 0.29) is 12.2 Å². The van der Waals surface area contributed by atoms with E-state index in [1.165, 1.54) is 4.90 Å². The van der Waals surface area contributed by atoms with Crippen molar-refractivity contribution >= 4 is 28.8 Å². The van der Waals surface area contributed by atoms with E-state index < -0.39 is 17.6 Å². The summed E-state index contributed by atoms with van der Waals surface area (Å²) in [5.74, 6) is -2.44. The van der Waals surface area contributed by atoms with Crippen molar-refractivity contribution in [1.29, 1.82) is 0 Å². The Hall–Kier alpha value is -2.79. The van der Waals surface area contributed by atoms with Gasteiger partial charge in [-0.05, 0) is 37.4 Å². The molecule has 0 radical (unpaired) electrons. The lowest BCUT2D eigenvalue weighted by atomic mass is 9.85. The third-order valence-electron chi connectivity index (χ3n) is 5.05. The number of para-hydroxylation sites is 2. The number of anilines is 2. The minimum absolute atomic E-state index is 0.189. The Morgan fingerprint density at radius 2 is 1.59 bits per heavy atom. The number of benzene rings is 2. The highest BCUT2D eigenvalue weighted by atomic mass is 16.2. The zero-order valence-corrected chi connectivity index (χ0v) is 15.7. The topological polar surface area (TPSA) is 57.7 Å². The van der Waals surface area contributed by atoms with Crippen molar-refractivity contribution in [3.8, 4) is 0 Å². The molecular formula is C22H24N2O3. The van der Waals surface area contributed by atoms with Gasteiger partial charge in [0.05, 0.1) is 5.69 Å². The minimum Gasteiger partial charge on any atom is -0.303 e. The Balaban J connectivity index is 1.96. The van der Waals surface area contributed by atoms with Crippen LogP contribution < -0.4 is 4.90 Å². The molecule has 1 atom stereocenters. The molecule has 3 rings (SSSR count). The van der Waals surface area contributed by atoms with Gasteiger partial charge in [-0.1, -0.05) is 44.2 Å². The summed E-state index contributed by atoms with van der Waals surface area (Å²) in [5.41, 5.74) is 1.61. The van der Waals surface area contributed by atoms with Crippen LogP contribution in [0.5, 0.6) is 0 Å². The maximum atomic E-state index is 13.2. The first-order valence-corrected chi connectivity index (χ1v) is 9.35. The summed E-state index contributed by atoms with van der Waals surface area (Å²) in [6.45, 7) is 6.26. The Morgan fingerprint density at radius 3 is 2.26 bits per heavy atom. The van der Waals surface area contributed by atoms with E-state index >= 15 is 0 Å². The Labute approximate surface area is 159 Å². The lowest BCUT2D eigenvalue weighted by Crippen LogP contribution is -2.46. The normalized spacial score (nSPS) is 16.6. The second-order valence-corrected chi connectivity index (χ2v) is 6.57. The molecule has 0 aromatic heterocycles. The van der Waals surface area contributed by atoms with Crippen molar-refractivity contribution in [2.45, 2.75) is 20.3 Å². The first-order chi connectivity index (χ1) is 13.1. The molecule has 27 heavy (non-hydrogen) atoms. The number of hydrogen-bond acceptors (Lipinski definition) is 4. The molecule has 1 aliphatic rings. The Bertz CT molecular complexity index is 844. The van der Waals surface area contributed by atoms with Crippen LogP contribution in [-0.2, 0) is 9.59 Å². The summed E-state index contributed by atoms with van der Waals surface area (Å²) in [6.07, 6.45) is 0.189. The number of amides is 1. The van der Waals surface area contributed by atoms with E-state index in [1.807, 2.05) is 44.2 Å². The molecule has 0 spiro atoms. The average Bonchev–Trinajstić information content (AvgIpc) is 2.70. The molecule has 1 heterocycles. The van der Waals surface area contributed by atoms with Gasteiger partial charge in [-0.15, -0.1) is 0 Å². The highest BCUT2D eigenvalue weighted by molar-refractivity contribution is 6.33. The van der Waals surface area contributed by atoms with E-state index in [2.05, 4.69) is 4.90 Å². The fourth-order valence-corrected chi connectivity index (χ4v) is 3.47. The van der Waals surface area contributed by atoms with Crippen molar-refractivity contribution in [2.75, 3.05) is 24.5 Å². The minimum atomic E-state index is -1.27. The van der Waals surface area contributed by atoms with Crippen molar-refractivity contribution in [3.05, 3.63) is 60.2 Å². The number of ketones is 2. The van der Waals surface area contributed by atoms with Crippen LogP contribution in [0.4, 0.5) is 11.4 Å². The van der Waals surface area contributed by atoms with Gasteiger partial charge in [0, 0.05) is 24.2 Å². The molecule has 0 aliphatic carbocycles. The van der Waals surface area contributed by atoms with E-state index in [1.54, 1.807) is 24.3 Å². The highest BCUT2D eigenvalue weighted by Gasteiger charge is 2.43. The SMILES string of the molecule is CCN(CC)CCC(=O)C1C(=O)c2ccccc2N(c2ccccc2)C1=O. The fourth-order valence-electron chi connectivity index (χ4n) is 3.47. The van der Waals surface area contributed by atoms with Gasteiger partial charge in [0.2, 0.25) is 5.91 Å². The van der Waals surface area contributed by atoms with E-state index in [9.17, 15) is 14.4 Å². The molecule has 2 aromatic rings. The molecule has 0 N–H and O–H groups in total. The molecule has 1 amide bonds. The predicted molar refractivity (Wildman–Crippen MR) is 105 cm³/mol. The van der Waals surface area contributed by atoms with Crippen molar-refractivity contribution in [1.82, 2.24) is 4.90 Å². The van der Waals surface area contributed by atoms with Gasteiger partial charge >= 0.3 is 0 Å². The van der Waals surface area contributed by atoms with Crippen LogP contribution in [0.2, 0.25) is 0 Å². The van der Waals surface area contributed by atoms with Crippen LogP contribution in [0, 0.1) is 5.92 Å². The molecule has 0 bridgehead atoms. The summed E-state index contributed by atoms with van der Waals surface area (Å²) < 4.78 is 0. The molecule has 0 saturated carbocycles. The molecular weight excluding hydrogens is 340 g/mol. The van der Waals surface area contributed by atoms with Crippen LogP contribution >= 0.6 is 0 Å². The van der Waals surface area contributed by atoms with E-state index in [0.29, 0.717) is 23.5 Å². The predicted octanol–water partition coefficient (Wildman–Crippen LogP) is 3.46. The molecule has 1 aliphatic heterocycles. The standard InChI is InChI=1S/C22H24N2O3/c1-3-23(4-2)15-14-19(25)20-21(26)17-12-8-9-13-18(17)24(22(20)27)16-10-6-5-7-11-16/h5-13,20H,3-4,14-15H2,1-2H3. The highest BCUT2D eigenvalue weighted by Crippen LogP contribution is 2.36. The number of Topliss-reactive ketones (excluding diaryl/α,β-unsaturated/α-hetero) is 2. The third kappa shape index (κ3) is 3.69. The molecule has 5 heteroatoms. The number of hydrogen-bond donors (Lipinski definition) is 0.